The molecule has 5 rings (SSSR count). The lowest BCUT2D eigenvalue weighted by Gasteiger charge is -2.36. The van der Waals surface area contributed by atoms with Gasteiger partial charge in [0, 0.05) is 54.0 Å². The van der Waals surface area contributed by atoms with Crippen molar-refractivity contribution >= 4 is 87.4 Å². The van der Waals surface area contributed by atoms with Gasteiger partial charge in [0.1, 0.15) is 13.1 Å². The summed E-state index contributed by atoms with van der Waals surface area (Å²) < 4.78 is 0. The lowest BCUT2D eigenvalue weighted by atomic mass is 10.1. The van der Waals surface area contributed by atoms with Crippen LogP contribution in [0.5, 0.6) is 0 Å². The number of nitrogen functional groups attached to an aromatic ring is 1. The van der Waals surface area contributed by atoms with Gasteiger partial charge in [-0.2, -0.15) is 0 Å². The van der Waals surface area contributed by atoms with E-state index in [9.17, 15) is 24.3 Å². The van der Waals surface area contributed by atoms with Crippen LogP contribution in [0.15, 0.2) is 60.7 Å². The number of carboxylic acid groups (broad SMARTS) is 1. The molecule has 0 bridgehead atoms. The fourth-order valence-electron chi connectivity index (χ4n) is 5.56. The van der Waals surface area contributed by atoms with Crippen molar-refractivity contribution in [1.29, 1.82) is 0 Å². The van der Waals surface area contributed by atoms with Crippen molar-refractivity contribution in [2.45, 2.75) is 45.7 Å². The lowest BCUT2D eigenvalue weighted by molar-refractivity contribution is -0.132. The van der Waals surface area contributed by atoms with Gasteiger partial charge in [0.2, 0.25) is 0 Å². The second-order valence-electron chi connectivity index (χ2n) is 13.0. The van der Waals surface area contributed by atoms with Crippen LogP contribution in [0.3, 0.4) is 0 Å². The minimum atomic E-state index is -1.12. The summed E-state index contributed by atoms with van der Waals surface area (Å²) in [5, 5.41) is 23.4. The first-order valence-electron chi connectivity index (χ1n) is 16.5. The summed E-state index contributed by atoms with van der Waals surface area (Å²) in [5.41, 5.74) is 7.94. The van der Waals surface area contributed by atoms with Crippen molar-refractivity contribution in [3.05, 3.63) is 86.3 Å². The SMILES string of the molecule is CC(C)(C)N(CC(=O)N1CCCN1c1ccc(Cl)cc1Cl)C(=O)O.Nc1ccc(CNC(=O)NCC(=O)N2CCCN2c2ccc(Cl)cc2Cl)cc1. The van der Waals surface area contributed by atoms with Gasteiger partial charge in [0.05, 0.1) is 21.4 Å². The molecule has 13 nitrogen and oxygen atoms in total. The van der Waals surface area contributed by atoms with Crippen molar-refractivity contribution in [2.75, 3.05) is 55.0 Å². The van der Waals surface area contributed by atoms with Crippen molar-refractivity contribution in [2.24, 2.45) is 0 Å². The van der Waals surface area contributed by atoms with Gasteiger partial charge in [-0.1, -0.05) is 58.5 Å². The summed E-state index contributed by atoms with van der Waals surface area (Å²) in [6.45, 7) is 7.67. The summed E-state index contributed by atoms with van der Waals surface area (Å²) in [7, 11) is 0. The van der Waals surface area contributed by atoms with Crippen LogP contribution in [-0.2, 0) is 16.1 Å². The minimum absolute atomic E-state index is 0.116. The summed E-state index contributed by atoms with van der Waals surface area (Å²) in [6.07, 6.45) is 0.479. The molecule has 0 atom stereocenters. The van der Waals surface area contributed by atoms with E-state index in [1.54, 1.807) is 84.3 Å². The van der Waals surface area contributed by atoms with Crippen molar-refractivity contribution in [1.82, 2.24) is 25.6 Å². The molecule has 280 valence electrons. The van der Waals surface area contributed by atoms with Gasteiger partial charge in [0.15, 0.2) is 0 Å². The monoisotopic (exact) mass is 794 g/mol. The molecule has 0 aliphatic carbocycles. The number of benzene rings is 3. The number of rotatable bonds is 8. The molecule has 17 heteroatoms. The number of nitrogens with two attached hydrogens (primary N) is 1. The average molecular weight is 797 g/mol. The minimum Gasteiger partial charge on any atom is -0.465 e. The third kappa shape index (κ3) is 10.9. The van der Waals surface area contributed by atoms with E-state index in [1.165, 1.54) is 0 Å². The van der Waals surface area contributed by atoms with Gasteiger partial charge in [-0.15, -0.1) is 0 Å². The average Bonchev–Trinajstić information content (AvgIpc) is 3.76. The second-order valence-corrected chi connectivity index (χ2v) is 14.7. The topological polar surface area (TPSA) is 155 Å². The lowest BCUT2D eigenvalue weighted by Crippen LogP contribution is -2.52. The fraction of sp³-hybridized carbons (Fsp3) is 0.371. The standard InChI is InChI=1S/C19H21Cl2N5O2.C16H21Cl2N3O3/c20-14-4-7-17(16(21)10-14)25-8-1-9-26(25)18(27)12-24-19(28)23-11-13-2-5-15(22)6-3-13;1-16(2,3)19(15(23)24)10-14(22)21-8-4-7-20(21)13-6-5-11(17)9-12(13)18/h2-7,10H,1,8-9,11-12,22H2,(H2,23,24,28);5-6,9H,4,7-8,10H2,1-3H3,(H,23,24). The summed E-state index contributed by atoms with van der Waals surface area (Å²) >= 11 is 24.4. The predicted molar refractivity (Wildman–Crippen MR) is 206 cm³/mol. The van der Waals surface area contributed by atoms with Crippen molar-refractivity contribution in [3.8, 4) is 0 Å². The van der Waals surface area contributed by atoms with Crippen LogP contribution in [0.4, 0.5) is 26.7 Å². The van der Waals surface area contributed by atoms with Crippen LogP contribution >= 0.6 is 46.4 Å². The number of carbonyl (C=O) groups excluding carboxylic acids is 3. The normalized spacial score (nSPS) is 14.1. The zero-order valence-corrected chi connectivity index (χ0v) is 32.1. The van der Waals surface area contributed by atoms with E-state index in [0.29, 0.717) is 69.9 Å². The van der Waals surface area contributed by atoms with Crippen LogP contribution in [0, 0.1) is 0 Å². The molecule has 52 heavy (non-hydrogen) atoms. The number of hydrazine groups is 2. The Morgan fingerprint density at radius 3 is 1.71 bits per heavy atom. The number of hydrogen-bond donors (Lipinski definition) is 4. The molecule has 0 spiro atoms. The fourth-order valence-corrected chi connectivity index (χ4v) is 6.57. The number of amides is 5. The zero-order valence-electron chi connectivity index (χ0n) is 29.0. The van der Waals surface area contributed by atoms with Crippen molar-refractivity contribution in [3.63, 3.8) is 0 Å². The first-order chi connectivity index (χ1) is 24.5. The highest BCUT2D eigenvalue weighted by Gasteiger charge is 2.34. The Hall–Kier alpha value is -4.30. The molecular formula is C35H42Cl4N8O5. The third-order valence-electron chi connectivity index (χ3n) is 8.18. The second kappa shape index (κ2) is 18.0. The number of nitrogens with zero attached hydrogens (tertiary/aromatic N) is 5. The predicted octanol–water partition coefficient (Wildman–Crippen LogP) is 6.75. The number of anilines is 3. The molecule has 2 aliphatic rings. The van der Waals surface area contributed by atoms with Gasteiger partial charge in [-0.25, -0.2) is 9.59 Å². The van der Waals surface area contributed by atoms with E-state index in [4.69, 9.17) is 52.1 Å². The van der Waals surface area contributed by atoms with E-state index < -0.39 is 17.7 Å². The molecule has 2 fully saturated rings. The smallest absolute Gasteiger partial charge is 0.408 e. The van der Waals surface area contributed by atoms with Crippen molar-refractivity contribution < 1.29 is 24.3 Å². The molecule has 0 radical (unpaired) electrons. The zero-order chi connectivity index (χ0) is 38.2. The summed E-state index contributed by atoms with van der Waals surface area (Å²) in [6, 6.07) is 17.0. The van der Waals surface area contributed by atoms with Gasteiger partial charge in [0.25, 0.3) is 11.8 Å². The highest BCUT2D eigenvalue weighted by atomic mass is 35.5. The van der Waals surface area contributed by atoms with Crippen LogP contribution in [0.25, 0.3) is 0 Å². The Labute approximate surface area is 323 Å². The number of nitrogens with one attached hydrogen (secondary N) is 2. The molecule has 0 unspecified atom stereocenters. The van der Waals surface area contributed by atoms with E-state index in [2.05, 4.69) is 10.6 Å². The quantitative estimate of drug-likeness (QED) is 0.183. The number of hydrogen-bond acceptors (Lipinski definition) is 7. The van der Waals surface area contributed by atoms with Gasteiger partial charge in [-0.3, -0.25) is 34.5 Å². The highest BCUT2D eigenvalue weighted by molar-refractivity contribution is 6.37. The maximum atomic E-state index is 12.7. The van der Waals surface area contributed by atoms with E-state index >= 15 is 0 Å². The molecule has 3 aromatic rings. The molecular weight excluding hydrogens is 754 g/mol. The first kappa shape index (κ1) is 40.5. The Bertz CT molecular complexity index is 1760. The Morgan fingerprint density at radius 2 is 1.25 bits per heavy atom. The maximum Gasteiger partial charge on any atom is 0.408 e. The van der Waals surface area contributed by atoms with Crippen LogP contribution in [0.1, 0.15) is 39.2 Å². The molecule has 2 saturated heterocycles. The highest BCUT2D eigenvalue weighted by Crippen LogP contribution is 2.33. The number of halogens is 4. The molecule has 2 aliphatic heterocycles. The van der Waals surface area contributed by atoms with Crippen LogP contribution in [0.2, 0.25) is 20.1 Å². The van der Waals surface area contributed by atoms with Crippen LogP contribution < -0.4 is 26.4 Å². The van der Waals surface area contributed by atoms with Gasteiger partial charge >= 0.3 is 12.1 Å². The van der Waals surface area contributed by atoms with E-state index in [0.717, 1.165) is 23.3 Å². The molecule has 5 N–H and O–H groups in total. The maximum absolute atomic E-state index is 12.7. The van der Waals surface area contributed by atoms with E-state index in [-0.39, 0.29) is 24.9 Å². The molecule has 3 aromatic carbocycles. The summed E-state index contributed by atoms with van der Waals surface area (Å²) in [5.74, 6) is -0.498. The van der Waals surface area contributed by atoms with Crippen LogP contribution in [-0.4, -0.2) is 88.8 Å². The Balaban J connectivity index is 0.000000236. The number of urea groups is 1. The third-order valence-corrected chi connectivity index (χ3v) is 9.26. The van der Waals surface area contributed by atoms with Gasteiger partial charge < -0.3 is 21.5 Å². The largest absolute Gasteiger partial charge is 0.465 e. The number of carbonyl (C=O) groups is 4. The molecule has 0 aromatic heterocycles. The Morgan fingerprint density at radius 1 is 0.750 bits per heavy atom. The first-order valence-corrected chi connectivity index (χ1v) is 18.0. The molecule has 5 amide bonds. The molecule has 2 heterocycles. The van der Waals surface area contributed by atoms with Gasteiger partial charge in [-0.05, 0) is 87.7 Å². The summed E-state index contributed by atoms with van der Waals surface area (Å²) in [4.78, 5) is 49.8. The van der Waals surface area contributed by atoms with E-state index in [1.807, 2.05) is 17.1 Å². The molecule has 0 saturated carbocycles. The Kier molecular flexibility index (Phi) is 14.0.